The molecule has 0 bridgehead atoms. The largest absolute Gasteiger partial charge is 0.546 e. The van der Waals surface area contributed by atoms with Gasteiger partial charge in [0.1, 0.15) is 11.4 Å². The van der Waals surface area contributed by atoms with Crippen LogP contribution in [0.15, 0.2) is 42.5 Å². The van der Waals surface area contributed by atoms with Gasteiger partial charge in [0, 0.05) is 0 Å². The van der Waals surface area contributed by atoms with E-state index in [1.165, 1.54) is 0 Å². The van der Waals surface area contributed by atoms with Gasteiger partial charge in [-0.1, -0.05) is 30.3 Å². The fourth-order valence-electron chi connectivity index (χ4n) is 1.50. The van der Waals surface area contributed by atoms with E-state index in [0.29, 0.717) is 5.75 Å². The van der Waals surface area contributed by atoms with E-state index < -0.39 is 11.8 Å². The van der Waals surface area contributed by atoms with Gasteiger partial charge >= 0.3 is 6.16 Å². The van der Waals surface area contributed by atoms with Gasteiger partial charge in [-0.25, -0.2) is 4.79 Å². The third-order valence-corrected chi connectivity index (χ3v) is 2.28. The zero-order valence-electron chi connectivity index (χ0n) is 11.2. The Morgan fingerprint density at radius 2 is 1.68 bits per heavy atom. The third-order valence-electron chi connectivity index (χ3n) is 2.28. The van der Waals surface area contributed by atoms with Crippen molar-refractivity contribution < 1.29 is 19.3 Å². The molecule has 0 N–H and O–H groups in total. The van der Waals surface area contributed by atoms with Crippen molar-refractivity contribution >= 4 is 16.9 Å². The Labute approximate surface area is 111 Å². The third kappa shape index (κ3) is 3.96. The van der Waals surface area contributed by atoms with E-state index in [0.717, 1.165) is 10.8 Å². The summed E-state index contributed by atoms with van der Waals surface area (Å²) in [7, 11) is 0. The zero-order valence-corrected chi connectivity index (χ0v) is 11.2. The molecule has 0 atom stereocenters. The van der Waals surface area contributed by atoms with Crippen LogP contribution in [0, 0.1) is 0 Å². The summed E-state index contributed by atoms with van der Waals surface area (Å²) >= 11 is 0. The standard InChI is InChI=1S/C15H16O4/c1-15(2,3)19-18-14(16)17-13-9-8-11-6-4-5-7-12(11)10-13/h4-10H,1-3H3. The van der Waals surface area contributed by atoms with Crippen molar-refractivity contribution in [2.24, 2.45) is 0 Å². The Bertz CT molecular complexity index is 584. The minimum Gasteiger partial charge on any atom is -0.393 e. The maximum atomic E-state index is 11.4. The van der Waals surface area contributed by atoms with Crippen LogP contribution in [0.5, 0.6) is 5.75 Å². The number of benzene rings is 2. The second-order valence-corrected chi connectivity index (χ2v) is 5.14. The van der Waals surface area contributed by atoms with E-state index in [9.17, 15) is 4.79 Å². The highest BCUT2D eigenvalue weighted by Crippen LogP contribution is 2.21. The molecule has 2 aromatic rings. The summed E-state index contributed by atoms with van der Waals surface area (Å²) in [6.07, 6.45) is -0.884. The van der Waals surface area contributed by atoms with Gasteiger partial charge in [-0.15, -0.1) is 0 Å². The fraction of sp³-hybridized carbons (Fsp3) is 0.267. The molecular formula is C15H16O4. The average Bonchev–Trinajstić information content (AvgIpc) is 2.35. The molecule has 100 valence electrons. The van der Waals surface area contributed by atoms with Crippen LogP contribution < -0.4 is 4.74 Å². The predicted molar refractivity (Wildman–Crippen MR) is 71.9 cm³/mol. The van der Waals surface area contributed by atoms with E-state index in [1.54, 1.807) is 32.9 Å². The zero-order chi connectivity index (χ0) is 13.9. The average molecular weight is 260 g/mol. The topological polar surface area (TPSA) is 44.8 Å². The van der Waals surface area contributed by atoms with Crippen molar-refractivity contribution in [1.29, 1.82) is 0 Å². The summed E-state index contributed by atoms with van der Waals surface area (Å²) in [6, 6.07) is 13.2. The normalized spacial score (nSPS) is 11.3. The molecule has 0 saturated carbocycles. The minimum atomic E-state index is -0.884. The molecule has 0 amide bonds. The van der Waals surface area contributed by atoms with Crippen LogP contribution in [0.2, 0.25) is 0 Å². The monoisotopic (exact) mass is 260 g/mol. The lowest BCUT2D eigenvalue weighted by Gasteiger charge is -2.16. The van der Waals surface area contributed by atoms with Crippen LogP contribution in [0.1, 0.15) is 20.8 Å². The van der Waals surface area contributed by atoms with Crippen LogP contribution in [0.3, 0.4) is 0 Å². The molecule has 0 aliphatic heterocycles. The first-order valence-electron chi connectivity index (χ1n) is 6.00. The number of carbonyl (C=O) groups excluding carboxylic acids is 1. The van der Waals surface area contributed by atoms with Gasteiger partial charge in [-0.3, -0.25) is 4.89 Å². The van der Waals surface area contributed by atoms with E-state index in [2.05, 4.69) is 4.89 Å². The van der Waals surface area contributed by atoms with Crippen molar-refractivity contribution in [2.75, 3.05) is 0 Å². The summed E-state index contributed by atoms with van der Waals surface area (Å²) in [6.45, 7) is 5.32. The number of ether oxygens (including phenoxy) is 1. The SMILES string of the molecule is CC(C)(C)OOC(=O)Oc1ccc2ccccc2c1. The number of fused-ring (bicyclic) bond motifs is 1. The molecule has 2 aromatic carbocycles. The lowest BCUT2D eigenvalue weighted by molar-refractivity contribution is -0.307. The molecule has 0 spiro atoms. The van der Waals surface area contributed by atoms with Crippen molar-refractivity contribution in [2.45, 2.75) is 26.4 Å². The molecule has 0 aliphatic rings. The van der Waals surface area contributed by atoms with E-state index >= 15 is 0 Å². The molecule has 19 heavy (non-hydrogen) atoms. The molecule has 2 rings (SSSR count). The first-order chi connectivity index (χ1) is 8.94. The van der Waals surface area contributed by atoms with Gasteiger partial charge in [0.2, 0.25) is 0 Å². The highest BCUT2D eigenvalue weighted by Gasteiger charge is 2.16. The highest BCUT2D eigenvalue weighted by atomic mass is 17.2. The predicted octanol–water partition coefficient (Wildman–Crippen LogP) is 4.09. The second-order valence-electron chi connectivity index (χ2n) is 5.14. The maximum Gasteiger partial charge on any atom is 0.546 e. The van der Waals surface area contributed by atoms with Gasteiger partial charge in [0.05, 0.1) is 0 Å². The lowest BCUT2D eigenvalue weighted by atomic mass is 10.1. The summed E-state index contributed by atoms with van der Waals surface area (Å²) in [5.41, 5.74) is -0.567. The first kappa shape index (κ1) is 13.4. The molecule has 0 saturated heterocycles. The number of carbonyl (C=O) groups is 1. The molecule has 0 fully saturated rings. The van der Waals surface area contributed by atoms with Crippen LogP contribution in [0.25, 0.3) is 10.8 Å². The second kappa shape index (κ2) is 5.28. The molecule has 0 aromatic heterocycles. The van der Waals surface area contributed by atoms with Crippen molar-refractivity contribution in [1.82, 2.24) is 0 Å². The number of hydrogen-bond acceptors (Lipinski definition) is 4. The quantitative estimate of drug-likeness (QED) is 0.353. The van der Waals surface area contributed by atoms with E-state index in [1.807, 2.05) is 30.3 Å². The molecular weight excluding hydrogens is 244 g/mol. The smallest absolute Gasteiger partial charge is 0.393 e. The minimum absolute atomic E-state index is 0.418. The van der Waals surface area contributed by atoms with Gasteiger partial charge < -0.3 is 4.74 Å². The van der Waals surface area contributed by atoms with Crippen molar-refractivity contribution in [3.8, 4) is 5.75 Å². The fourth-order valence-corrected chi connectivity index (χ4v) is 1.50. The summed E-state index contributed by atoms with van der Waals surface area (Å²) in [5, 5.41) is 2.07. The Morgan fingerprint density at radius 1 is 1.00 bits per heavy atom. The maximum absolute atomic E-state index is 11.4. The first-order valence-corrected chi connectivity index (χ1v) is 6.00. The van der Waals surface area contributed by atoms with Crippen molar-refractivity contribution in [3.63, 3.8) is 0 Å². The van der Waals surface area contributed by atoms with Crippen molar-refractivity contribution in [3.05, 3.63) is 42.5 Å². The van der Waals surface area contributed by atoms with Crippen LogP contribution in [-0.4, -0.2) is 11.8 Å². The molecule has 4 heteroatoms. The summed E-state index contributed by atoms with van der Waals surface area (Å²) in [5.74, 6) is 0.418. The van der Waals surface area contributed by atoms with E-state index in [4.69, 9.17) is 9.62 Å². The van der Waals surface area contributed by atoms with Crippen LogP contribution in [-0.2, 0) is 9.78 Å². The van der Waals surface area contributed by atoms with Gasteiger partial charge in [-0.05, 0) is 43.7 Å². The number of rotatable bonds is 2. The number of hydrogen-bond donors (Lipinski definition) is 0. The molecule has 0 heterocycles. The van der Waals surface area contributed by atoms with Gasteiger partial charge in [0.15, 0.2) is 0 Å². The van der Waals surface area contributed by atoms with Gasteiger partial charge in [-0.2, -0.15) is 4.89 Å². The van der Waals surface area contributed by atoms with Crippen LogP contribution >= 0.6 is 0 Å². The Kier molecular flexibility index (Phi) is 3.71. The Hall–Kier alpha value is -2.07. The van der Waals surface area contributed by atoms with E-state index in [-0.39, 0.29) is 0 Å². The Balaban J connectivity index is 2.03. The summed E-state index contributed by atoms with van der Waals surface area (Å²) in [4.78, 5) is 20.9. The lowest BCUT2D eigenvalue weighted by Crippen LogP contribution is -2.23. The summed E-state index contributed by atoms with van der Waals surface area (Å²) < 4.78 is 5.03. The molecule has 0 unspecified atom stereocenters. The molecule has 0 aliphatic carbocycles. The molecule has 4 nitrogen and oxygen atoms in total. The Morgan fingerprint density at radius 3 is 2.37 bits per heavy atom. The highest BCUT2D eigenvalue weighted by molar-refractivity contribution is 5.84. The van der Waals surface area contributed by atoms with Gasteiger partial charge in [0.25, 0.3) is 0 Å². The molecule has 0 radical (unpaired) electrons. The van der Waals surface area contributed by atoms with Crippen LogP contribution in [0.4, 0.5) is 4.79 Å².